The molecule has 2 aromatic carbocycles. The van der Waals surface area contributed by atoms with Gasteiger partial charge in [0.05, 0.1) is 13.2 Å². The molecule has 4 rings (SSSR count). The van der Waals surface area contributed by atoms with Crippen LogP contribution in [-0.2, 0) is 23.7 Å². The van der Waals surface area contributed by atoms with Gasteiger partial charge in [0.2, 0.25) is 0 Å². The molecule has 1 atom stereocenters. The number of benzene rings is 2. The molecular weight excluding hydrogens is 386 g/mol. The lowest BCUT2D eigenvalue weighted by Crippen LogP contribution is -2.47. The zero-order chi connectivity index (χ0) is 20.9. The zero-order valence-corrected chi connectivity index (χ0v) is 16.9. The first kappa shape index (κ1) is 20.4. The van der Waals surface area contributed by atoms with Crippen molar-refractivity contribution < 1.29 is 28.5 Å². The highest BCUT2D eigenvalue weighted by Gasteiger charge is 2.31. The molecule has 0 bridgehead atoms. The Morgan fingerprint density at radius 1 is 1.00 bits per heavy atom. The molecule has 2 aliphatic rings. The standard InChI is InChI=1S/C23H25NO6/c1-27-15-22(25)29-13-16-12-24(10-11-28-16)23(26)30-14-21-19-8-4-2-6-17(19)18-7-3-5-9-20(18)21/h2-9,16,21H,10-15H2,1H3. The Balaban J connectivity index is 1.35. The van der Waals surface area contributed by atoms with Crippen LogP contribution in [0.25, 0.3) is 11.1 Å². The molecule has 0 aromatic heterocycles. The molecule has 7 nitrogen and oxygen atoms in total. The second-order valence-electron chi connectivity index (χ2n) is 7.36. The van der Waals surface area contributed by atoms with Crippen LogP contribution in [0.4, 0.5) is 4.79 Å². The van der Waals surface area contributed by atoms with Gasteiger partial charge in [0.25, 0.3) is 0 Å². The Morgan fingerprint density at radius 2 is 1.67 bits per heavy atom. The molecule has 158 valence electrons. The van der Waals surface area contributed by atoms with E-state index in [0.29, 0.717) is 19.7 Å². The first-order chi connectivity index (χ1) is 14.7. The maximum Gasteiger partial charge on any atom is 0.409 e. The van der Waals surface area contributed by atoms with Crippen LogP contribution >= 0.6 is 0 Å². The van der Waals surface area contributed by atoms with Crippen LogP contribution in [0.3, 0.4) is 0 Å². The summed E-state index contributed by atoms with van der Waals surface area (Å²) in [4.78, 5) is 25.7. The van der Waals surface area contributed by atoms with Crippen LogP contribution in [0.2, 0.25) is 0 Å². The number of morpholine rings is 1. The molecule has 0 spiro atoms. The second kappa shape index (κ2) is 9.28. The number of hydrogen-bond donors (Lipinski definition) is 0. The highest BCUT2D eigenvalue weighted by atomic mass is 16.6. The Labute approximate surface area is 175 Å². The summed E-state index contributed by atoms with van der Waals surface area (Å²) >= 11 is 0. The van der Waals surface area contributed by atoms with Crippen molar-refractivity contribution in [3.8, 4) is 11.1 Å². The minimum atomic E-state index is -0.459. The van der Waals surface area contributed by atoms with E-state index >= 15 is 0 Å². The number of amides is 1. The SMILES string of the molecule is COCC(=O)OCC1CN(C(=O)OCC2c3ccccc3-c3ccccc32)CCO1. The molecule has 1 aliphatic heterocycles. The van der Waals surface area contributed by atoms with Gasteiger partial charge in [0.15, 0.2) is 0 Å². The van der Waals surface area contributed by atoms with E-state index in [4.69, 9.17) is 18.9 Å². The molecule has 1 aliphatic carbocycles. The normalized spacial score (nSPS) is 17.9. The average molecular weight is 411 g/mol. The number of carbonyl (C=O) groups is 2. The lowest BCUT2D eigenvalue weighted by Gasteiger charge is -2.32. The Hall–Kier alpha value is -2.90. The molecule has 1 unspecified atom stereocenters. The Bertz CT molecular complexity index is 869. The van der Waals surface area contributed by atoms with Gasteiger partial charge in [-0.2, -0.15) is 0 Å². The summed E-state index contributed by atoms with van der Waals surface area (Å²) in [7, 11) is 1.43. The number of fused-ring (bicyclic) bond motifs is 3. The minimum absolute atomic E-state index is 0.0215. The lowest BCUT2D eigenvalue weighted by molar-refractivity contribution is -0.154. The predicted octanol–water partition coefficient (Wildman–Crippen LogP) is 2.83. The number of hydrogen-bond acceptors (Lipinski definition) is 6. The third-order valence-corrected chi connectivity index (χ3v) is 5.43. The number of methoxy groups -OCH3 is 1. The summed E-state index contributed by atoms with van der Waals surface area (Å²) in [5, 5.41) is 0. The van der Waals surface area contributed by atoms with Crippen LogP contribution in [-0.4, -0.2) is 69.7 Å². The fourth-order valence-electron chi connectivity index (χ4n) is 4.02. The van der Waals surface area contributed by atoms with E-state index in [1.165, 1.54) is 29.4 Å². The number of nitrogens with zero attached hydrogens (tertiary/aromatic N) is 1. The van der Waals surface area contributed by atoms with Crippen molar-refractivity contribution in [2.24, 2.45) is 0 Å². The third kappa shape index (κ3) is 4.32. The van der Waals surface area contributed by atoms with Crippen LogP contribution in [0.5, 0.6) is 0 Å². The maximum absolute atomic E-state index is 12.7. The first-order valence-electron chi connectivity index (χ1n) is 10.0. The maximum atomic E-state index is 12.7. The van der Waals surface area contributed by atoms with Gasteiger partial charge in [-0.15, -0.1) is 0 Å². The first-order valence-corrected chi connectivity index (χ1v) is 10.0. The van der Waals surface area contributed by atoms with Crippen molar-refractivity contribution in [2.45, 2.75) is 12.0 Å². The highest BCUT2D eigenvalue weighted by Crippen LogP contribution is 2.44. The van der Waals surface area contributed by atoms with Gasteiger partial charge in [0.1, 0.15) is 25.9 Å². The van der Waals surface area contributed by atoms with Crippen LogP contribution < -0.4 is 0 Å². The molecule has 1 heterocycles. The highest BCUT2D eigenvalue weighted by molar-refractivity contribution is 5.79. The van der Waals surface area contributed by atoms with Crippen molar-refractivity contribution in [3.63, 3.8) is 0 Å². The number of esters is 1. The summed E-state index contributed by atoms with van der Waals surface area (Å²) < 4.78 is 21.1. The number of ether oxygens (including phenoxy) is 4. The van der Waals surface area contributed by atoms with E-state index in [1.807, 2.05) is 24.3 Å². The van der Waals surface area contributed by atoms with E-state index in [-0.39, 0.29) is 37.9 Å². The van der Waals surface area contributed by atoms with Crippen LogP contribution in [0, 0.1) is 0 Å². The Kier molecular flexibility index (Phi) is 6.30. The third-order valence-electron chi connectivity index (χ3n) is 5.43. The van der Waals surface area contributed by atoms with E-state index in [1.54, 1.807) is 4.90 Å². The summed E-state index contributed by atoms with van der Waals surface area (Å²) in [6.45, 7) is 1.38. The lowest BCUT2D eigenvalue weighted by atomic mass is 9.98. The number of rotatable bonds is 6. The van der Waals surface area contributed by atoms with E-state index < -0.39 is 5.97 Å². The molecule has 1 saturated heterocycles. The second-order valence-corrected chi connectivity index (χ2v) is 7.36. The monoisotopic (exact) mass is 411 g/mol. The summed E-state index contributed by atoms with van der Waals surface area (Å²) in [6, 6.07) is 16.5. The van der Waals surface area contributed by atoms with Crippen molar-refractivity contribution >= 4 is 12.1 Å². The number of carbonyl (C=O) groups excluding carboxylic acids is 2. The average Bonchev–Trinajstić information content (AvgIpc) is 3.10. The topological polar surface area (TPSA) is 74.3 Å². The van der Waals surface area contributed by atoms with Crippen molar-refractivity contribution in [1.29, 1.82) is 0 Å². The molecule has 30 heavy (non-hydrogen) atoms. The van der Waals surface area contributed by atoms with Gasteiger partial charge in [-0.3, -0.25) is 0 Å². The molecule has 0 radical (unpaired) electrons. The van der Waals surface area contributed by atoms with Gasteiger partial charge in [0, 0.05) is 19.6 Å². The van der Waals surface area contributed by atoms with Gasteiger partial charge < -0.3 is 23.8 Å². The molecule has 7 heteroatoms. The molecule has 2 aromatic rings. The van der Waals surface area contributed by atoms with E-state index in [2.05, 4.69) is 24.3 Å². The van der Waals surface area contributed by atoms with E-state index in [0.717, 1.165) is 0 Å². The zero-order valence-electron chi connectivity index (χ0n) is 16.9. The molecule has 1 amide bonds. The van der Waals surface area contributed by atoms with Crippen LogP contribution in [0.15, 0.2) is 48.5 Å². The summed E-state index contributed by atoms with van der Waals surface area (Å²) in [5.41, 5.74) is 4.74. The van der Waals surface area contributed by atoms with Gasteiger partial charge in [-0.05, 0) is 22.3 Å². The fraction of sp³-hybridized carbons (Fsp3) is 0.391. The molecule has 0 N–H and O–H groups in total. The molecular formula is C23H25NO6. The largest absolute Gasteiger partial charge is 0.461 e. The fourth-order valence-corrected chi connectivity index (χ4v) is 4.02. The summed E-state index contributed by atoms with van der Waals surface area (Å²) in [6.07, 6.45) is -0.756. The minimum Gasteiger partial charge on any atom is -0.461 e. The predicted molar refractivity (Wildman–Crippen MR) is 109 cm³/mol. The van der Waals surface area contributed by atoms with Crippen molar-refractivity contribution in [2.75, 3.05) is 46.6 Å². The smallest absolute Gasteiger partial charge is 0.409 e. The van der Waals surface area contributed by atoms with Gasteiger partial charge in [-0.1, -0.05) is 48.5 Å². The van der Waals surface area contributed by atoms with Crippen molar-refractivity contribution in [3.05, 3.63) is 59.7 Å². The van der Waals surface area contributed by atoms with E-state index in [9.17, 15) is 9.59 Å². The summed E-state index contributed by atoms with van der Waals surface area (Å²) in [5.74, 6) is -0.437. The van der Waals surface area contributed by atoms with Crippen molar-refractivity contribution in [1.82, 2.24) is 4.90 Å². The molecule has 0 saturated carbocycles. The Morgan fingerprint density at radius 3 is 2.33 bits per heavy atom. The molecule has 1 fully saturated rings. The quantitative estimate of drug-likeness (QED) is 0.681. The van der Waals surface area contributed by atoms with Gasteiger partial charge in [-0.25, -0.2) is 9.59 Å². The van der Waals surface area contributed by atoms with Gasteiger partial charge >= 0.3 is 12.1 Å². The van der Waals surface area contributed by atoms with Crippen LogP contribution in [0.1, 0.15) is 17.0 Å².